The summed E-state index contributed by atoms with van der Waals surface area (Å²) in [5, 5.41) is 4.49. The van der Waals surface area contributed by atoms with E-state index in [1.165, 1.54) is 11.3 Å². The normalized spacial score (nSPS) is 15.4. The molecule has 7 heteroatoms. The lowest BCUT2D eigenvalue weighted by Gasteiger charge is -2.12. The molecule has 1 amide bonds. The van der Waals surface area contributed by atoms with Crippen LogP contribution in [0.3, 0.4) is 0 Å². The van der Waals surface area contributed by atoms with E-state index >= 15 is 0 Å². The fourth-order valence-corrected chi connectivity index (χ4v) is 4.05. The molecule has 1 atom stereocenters. The highest BCUT2D eigenvalue weighted by Crippen LogP contribution is 2.37. The van der Waals surface area contributed by atoms with Gasteiger partial charge in [0.1, 0.15) is 4.88 Å². The van der Waals surface area contributed by atoms with Crippen molar-refractivity contribution in [3.63, 3.8) is 0 Å². The molecule has 1 saturated carbocycles. The molecule has 0 unspecified atom stereocenters. The molecule has 1 aliphatic carbocycles. The molecule has 1 aromatic carbocycles. The van der Waals surface area contributed by atoms with Crippen molar-refractivity contribution in [1.29, 1.82) is 0 Å². The molecular weight excluding hydrogens is 357 g/mol. The van der Waals surface area contributed by atoms with Crippen molar-refractivity contribution >= 4 is 56.5 Å². The molecule has 23 heavy (non-hydrogen) atoms. The summed E-state index contributed by atoms with van der Waals surface area (Å²) < 4.78 is 5.88. The van der Waals surface area contributed by atoms with Crippen LogP contribution in [-0.2, 0) is 9.53 Å². The second kappa shape index (κ2) is 6.67. The second-order valence-corrected chi connectivity index (χ2v) is 7.52. The molecule has 1 heterocycles. The summed E-state index contributed by atoms with van der Waals surface area (Å²) in [6, 6.07) is 5.34. The number of ether oxygens (including phenoxy) is 1. The standard InChI is InChI=1S/C16H15Cl2NO3S/c1-8(9-2-3-9)19-13(20)7-22-16(21)15-14(18)11-5-4-10(17)6-12(11)23-15/h4-6,8-9H,2-3,7H2,1H3,(H,19,20)/t8-/m1/s1. The summed E-state index contributed by atoms with van der Waals surface area (Å²) in [4.78, 5) is 24.2. The molecule has 1 fully saturated rings. The lowest BCUT2D eigenvalue weighted by atomic mass is 10.2. The zero-order chi connectivity index (χ0) is 16.6. The van der Waals surface area contributed by atoms with Gasteiger partial charge in [0.2, 0.25) is 0 Å². The third kappa shape index (κ3) is 3.79. The highest BCUT2D eigenvalue weighted by atomic mass is 35.5. The molecule has 3 rings (SSSR count). The topological polar surface area (TPSA) is 55.4 Å². The summed E-state index contributed by atoms with van der Waals surface area (Å²) in [7, 11) is 0. The summed E-state index contributed by atoms with van der Waals surface area (Å²) in [5.41, 5.74) is 0. The molecular formula is C16H15Cl2NO3S. The Hall–Kier alpha value is -1.30. The number of hydrogen-bond acceptors (Lipinski definition) is 4. The van der Waals surface area contributed by atoms with Crippen LogP contribution in [-0.4, -0.2) is 24.5 Å². The zero-order valence-corrected chi connectivity index (χ0v) is 14.7. The minimum absolute atomic E-state index is 0.122. The van der Waals surface area contributed by atoms with Gasteiger partial charge < -0.3 is 10.1 Å². The smallest absolute Gasteiger partial charge is 0.350 e. The first-order valence-corrected chi connectivity index (χ1v) is 8.87. The fourth-order valence-electron chi connectivity index (χ4n) is 2.38. The van der Waals surface area contributed by atoms with Gasteiger partial charge >= 0.3 is 5.97 Å². The van der Waals surface area contributed by atoms with Gasteiger partial charge in [-0.1, -0.05) is 29.3 Å². The van der Waals surface area contributed by atoms with Crippen LogP contribution >= 0.6 is 34.5 Å². The number of rotatable bonds is 5. The Morgan fingerprint density at radius 1 is 1.39 bits per heavy atom. The van der Waals surface area contributed by atoms with Crippen LogP contribution in [0.5, 0.6) is 0 Å². The van der Waals surface area contributed by atoms with Gasteiger partial charge in [-0.05, 0) is 37.8 Å². The number of esters is 1. The molecule has 0 saturated heterocycles. The number of benzene rings is 1. The van der Waals surface area contributed by atoms with E-state index in [9.17, 15) is 9.59 Å². The lowest BCUT2D eigenvalue weighted by Crippen LogP contribution is -2.37. The number of thiophene rings is 1. The van der Waals surface area contributed by atoms with Crippen LogP contribution in [0.4, 0.5) is 0 Å². The molecule has 2 aromatic rings. The predicted octanol–water partition coefficient (Wildman–Crippen LogP) is 4.28. The molecule has 0 aliphatic heterocycles. The lowest BCUT2D eigenvalue weighted by molar-refractivity contribution is -0.124. The maximum absolute atomic E-state index is 12.1. The Morgan fingerprint density at radius 2 is 2.13 bits per heavy atom. The first-order valence-electron chi connectivity index (χ1n) is 7.29. The summed E-state index contributed by atoms with van der Waals surface area (Å²) in [6.45, 7) is 1.66. The van der Waals surface area contributed by atoms with E-state index in [1.807, 2.05) is 6.92 Å². The van der Waals surface area contributed by atoms with E-state index in [1.54, 1.807) is 18.2 Å². The van der Waals surface area contributed by atoms with Crippen molar-refractivity contribution in [3.8, 4) is 0 Å². The molecule has 0 spiro atoms. The number of carbonyl (C=O) groups is 2. The molecule has 122 valence electrons. The maximum atomic E-state index is 12.1. The number of nitrogens with one attached hydrogen (secondary N) is 1. The number of carbonyl (C=O) groups excluding carboxylic acids is 2. The monoisotopic (exact) mass is 371 g/mol. The van der Waals surface area contributed by atoms with Crippen molar-refractivity contribution in [2.24, 2.45) is 5.92 Å². The van der Waals surface area contributed by atoms with E-state index in [4.69, 9.17) is 27.9 Å². The molecule has 1 aliphatic rings. The molecule has 0 bridgehead atoms. The Labute approximate surface area is 147 Å². The average Bonchev–Trinajstić information content (AvgIpc) is 3.30. The largest absolute Gasteiger partial charge is 0.451 e. The molecule has 1 aromatic heterocycles. The van der Waals surface area contributed by atoms with E-state index in [2.05, 4.69) is 5.32 Å². The van der Waals surface area contributed by atoms with Crippen molar-refractivity contribution in [2.75, 3.05) is 6.61 Å². The first kappa shape index (κ1) is 16.6. The van der Waals surface area contributed by atoms with Crippen LogP contribution in [0, 0.1) is 5.92 Å². The minimum Gasteiger partial charge on any atom is -0.451 e. The Morgan fingerprint density at radius 3 is 2.83 bits per heavy atom. The molecule has 0 radical (unpaired) electrons. The van der Waals surface area contributed by atoms with Crippen molar-refractivity contribution in [3.05, 3.63) is 33.1 Å². The van der Waals surface area contributed by atoms with Crippen molar-refractivity contribution < 1.29 is 14.3 Å². The predicted molar refractivity (Wildman–Crippen MR) is 92.5 cm³/mol. The Kier molecular flexibility index (Phi) is 4.80. The van der Waals surface area contributed by atoms with Gasteiger partial charge in [0.15, 0.2) is 6.61 Å². The molecule has 1 N–H and O–H groups in total. The van der Waals surface area contributed by atoms with Gasteiger partial charge in [-0.15, -0.1) is 11.3 Å². The van der Waals surface area contributed by atoms with Gasteiger partial charge in [0.25, 0.3) is 5.91 Å². The maximum Gasteiger partial charge on any atom is 0.350 e. The van der Waals surface area contributed by atoms with Crippen LogP contribution in [0.2, 0.25) is 10.0 Å². The SMILES string of the molecule is C[C@@H](NC(=O)COC(=O)c1sc2cc(Cl)ccc2c1Cl)C1CC1. The quantitative estimate of drug-likeness (QED) is 0.797. The summed E-state index contributed by atoms with van der Waals surface area (Å²) >= 11 is 13.4. The second-order valence-electron chi connectivity index (χ2n) is 5.66. The highest BCUT2D eigenvalue weighted by Gasteiger charge is 2.29. The summed E-state index contributed by atoms with van der Waals surface area (Å²) in [5.74, 6) is -0.337. The average molecular weight is 372 g/mol. The van der Waals surface area contributed by atoms with Crippen LogP contribution in [0.15, 0.2) is 18.2 Å². The van der Waals surface area contributed by atoms with E-state index in [-0.39, 0.29) is 23.4 Å². The fraction of sp³-hybridized carbons (Fsp3) is 0.375. The van der Waals surface area contributed by atoms with Crippen LogP contribution < -0.4 is 5.32 Å². The van der Waals surface area contributed by atoms with Gasteiger partial charge in [0.05, 0.1) is 5.02 Å². The molecule has 4 nitrogen and oxygen atoms in total. The third-order valence-electron chi connectivity index (χ3n) is 3.83. The summed E-state index contributed by atoms with van der Waals surface area (Å²) in [6.07, 6.45) is 2.28. The van der Waals surface area contributed by atoms with Gasteiger partial charge in [0, 0.05) is 21.2 Å². The van der Waals surface area contributed by atoms with Crippen molar-refractivity contribution in [1.82, 2.24) is 5.32 Å². The number of amides is 1. The van der Waals surface area contributed by atoms with E-state index in [0.717, 1.165) is 22.9 Å². The first-order chi connectivity index (χ1) is 11.0. The number of hydrogen-bond donors (Lipinski definition) is 1. The minimum atomic E-state index is -0.596. The van der Waals surface area contributed by atoms with E-state index < -0.39 is 5.97 Å². The number of fused-ring (bicyclic) bond motifs is 1. The van der Waals surface area contributed by atoms with Crippen LogP contribution in [0.1, 0.15) is 29.4 Å². The van der Waals surface area contributed by atoms with Gasteiger partial charge in [-0.3, -0.25) is 4.79 Å². The van der Waals surface area contributed by atoms with Crippen LogP contribution in [0.25, 0.3) is 10.1 Å². The zero-order valence-electron chi connectivity index (χ0n) is 12.4. The van der Waals surface area contributed by atoms with Crippen molar-refractivity contribution in [2.45, 2.75) is 25.8 Å². The van der Waals surface area contributed by atoms with Gasteiger partial charge in [-0.25, -0.2) is 4.79 Å². The Balaban J connectivity index is 1.63. The van der Waals surface area contributed by atoms with Gasteiger partial charge in [-0.2, -0.15) is 0 Å². The number of halogens is 2. The Bertz CT molecular complexity index is 770. The highest BCUT2D eigenvalue weighted by molar-refractivity contribution is 7.21. The third-order valence-corrected chi connectivity index (χ3v) is 5.70. The van der Waals surface area contributed by atoms with E-state index in [0.29, 0.717) is 16.0 Å².